The highest BCUT2D eigenvalue weighted by Gasteiger charge is 2.10. The van der Waals surface area contributed by atoms with E-state index in [9.17, 15) is 0 Å². The van der Waals surface area contributed by atoms with Crippen molar-refractivity contribution in [3.63, 3.8) is 0 Å². The number of rotatable bonds is 3. The number of benzene rings is 1. The van der Waals surface area contributed by atoms with Gasteiger partial charge in [-0.15, -0.1) is 11.3 Å². The summed E-state index contributed by atoms with van der Waals surface area (Å²) in [5.41, 5.74) is 3.38. The van der Waals surface area contributed by atoms with Crippen molar-refractivity contribution in [3.8, 4) is 10.4 Å². The minimum atomic E-state index is 0.751. The Kier molecular flexibility index (Phi) is 3.41. The van der Waals surface area contributed by atoms with E-state index in [4.69, 9.17) is 11.6 Å². The van der Waals surface area contributed by atoms with Crippen molar-refractivity contribution in [3.05, 3.63) is 71.3 Å². The molecule has 0 saturated heterocycles. The summed E-state index contributed by atoms with van der Waals surface area (Å²) in [6.07, 6.45) is 6.54. The Morgan fingerprint density at radius 3 is 2.77 bits per heavy atom. The largest absolute Gasteiger partial charge is 0.367 e. The van der Waals surface area contributed by atoms with Gasteiger partial charge >= 0.3 is 0 Å². The lowest BCUT2D eigenvalue weighted by molar-refractivity contribution is 0.961. The molecule has 0 bridgehead atoms. The van der Waals surface area contributed by atoms with Crippen molar-refractivity contribution < 1.29 is 0 Å². The molecular weight excluding hydrogens is 314 g/mol. The molecule has 0 spiro atoms. The molecule has 0 aliphatic rings. The Labute approximate surface area is 136 Å². The average molecular weight is 326 g/mol. The first-order chi connectivity index (χ1) is 10.8. The molecule has 3 heterocycles. The summed E-state index contributed by atoms with van der Waals surface area (Å²) in [5.74, 6) is 0. The maximum Gasteiger partial charge on any atom is 0.0762 e. The highest BCUT2D eigenvalue weighted by Crippen LogP contribution is 2.35. The van der Waals surface area contributed by atoms with Crippen LogP contribution in [0.15, 0.2) is 55.0 Å². The summed E-state index contributed by atoms with van der Waals surface area (Å²) in [6, 6.07) is 12.2. The van der Waals surface area contributed by atoms with E-state index in [0.717, 1.165) is 27.4 Å². The SMILES string of the molecule is Clc1ccc(-c2cc3c(Cc4cc[nH]c4)nncc3s2)cc1. The number of hydrogen-bond donors (Lipinski definition) is 1. The van der Waals surface area contributed by atoms with Gasteiger partial charge in [0, 0.05) is 34.1 Å². The summed E-state index contributed by atoms with van der Waals surface area (Å²) in [6.45, 7) is 0. The van der Waals surface area contributed by atoms with Crippen LogP contribution in [0, 0.1) is 0 Å². The van der Waals surface area contributed by atoms with Gasteiger partial charge in [-0.05, 0) is 35.4 Å². The van der Waals surface area contributed by atoms with Gasteiger partial charge in [0.05, 0.1) is 16.6 Å². The first-order valence-corrected chi connectivity index (χ1v) is 8.11. The number of H-pyrrole nitrogens is 1. The van der Waals surface area contributed by atoms with Crippen molar-refractivity contribution in [1.29, 1.82) is 0 Å². The van der Waals surface area contributed by atoms with Gasteiger partial charge < -0.3 is 4.98 Å². The van der Waals surface area contributed by atoms with Crippen LogP contribution in [0.3, 0.4) is 0 Å². The number of thiophene rings is 1. The molecule has 4 rings (SSSR count). The van der Waals surface area contributed by atoms with Crippen LogP contribution < -0.4 is 0 Å². The van der Waals surface area contributed by atoms with Crippen molar-refractivity contribution in [2.24, 2.45) is 0 Å². The smallest absolute Gasteiger partial charge is 0.0762 e. The first-order valence-electron chi connectivity index (χ1n) is 6.91. The Morgan fingerprint density at radius 2 is 2.00 bits per heavy atom. The molecule has 0 radical (unpaired) electrons. The van der Waals surface area contributed by atoms with Crippen LogP contribution in [0.25, 0.3) is 20.5 Å². The lowest BCUT2D eigenvalue weighted by Crippen LogP contribution is -1.93. The van der Waals surface area contributed by atoms with E-state index in [0.29, 0.717) is 0 Å². The summed E-state index contributed by atoms with van der Waals surface area (Å²) < 4.78 is 1.16. The van der Waals surface area contributed by atoms with Crippen LogP contribution in [0.2, 0.25) is 5.02 Å². The van der Waals surface area contributed by atoms with Crippen molar-refractivity contribution in [1.82, 2.24) is 15.2 Å². The van der Waals surface area contributed by atoms with Crippen LogP contribution >= 0.6 is 22.9 Å². The number of nitrogens with one attached hydrogen (secondary N) is 1. The second-order valence-corrected chi connectivity index (χ2v) is 6.60. The van der Waals surface area contributed by atoms with Crippen LogP contribution in [0.5, 0.6) is 0 Å². The van der Waals surface area contributed by atoms with E-state index < -0.39 is 0 Å². The monoisotopic (exact) mass is 325 g/mol. The predicted molar refractivity (Wildman–Crippen MR) is 91.5 cm³/mol. The van der Waals surface area contributed by atoms with Crippen molar-refractivity contribution in [2.75, 3.05) is 0 Å². The molecule has 22 heavy (non-hydrogen) atoms. The van der Waals surface area contributed by atoms with Crippen LogP contribution in [-0.2, 0) is 6.42 Å². The van der Waals surface area contributed by atoms with E-state index in [1.807, 2.05) is 42.9 Å². The second kappa shape index (κ2) is 5.55. The zero-order chi connectivity index (χ0) is 14.9. The number of fused-ring (bicyclic) bond motifs is 1. The molecule has 0 fully saturated rings. The third kappa shape index (κ3) is 2.51. The number of nitrogens with zero attached hydrogens (tertiary/aromatic N) is 2. The van der Waals surface area contributed by atoms with E-state index in [-0.39, 0.29) is 0 Å². The van der Waals surface area contributed by atoms with Crippen LogP contribution in [0.4, 0.5) is 0 Å². The zero-order valence-electron chi connectivity index (χ0n) is 11.6. The van der Waals surface area contributed by atoms with Crippen molar-refractivity contribution >= 4 is 33.0 Å². The number of aromatic amines is 1. The summed E-state index contributed by atoms with van der Waals surface area (Å²) in [5, 5.41) is 10.4. The first kappa shape index (κ1) is 13.5. The minimum absolute atomic E-state index is 0.751. The molecule has 0 amide bonds. The van der Waals surface area contributed by atoms with Gasteiger partial charge in [0.2, 0.25) is 0 Å². The maximum atomic E-state index is 5.96. The average Bonchev–Trinajstić information content (AvgIpc) is 3.17. The highest BCUT2D eigenvalue weighted by molar-refractivity contribution is 7.22. The minimum Gasteiger partial charge on any atom is -0.367 e. The molecule has 1 N–H and O–H groups in total. The van der Waals surface area contributed by atoms with Gasteiger partial charge in [-0.25, -0.2) is 0 Å². The molecule has 3 aromatic heterocycles. The Hall–Kier alpha value is -2.17. The van der Waals surface area contributed by atoms with E-state index in [1.165, 1.54) is 15.8 Å². The van der Waals surface area contributed by atoms with E-state index in [2.05, 4.69) is 27.3 Å². The molecule has 108 valence electrons. The second-order valence-electron chi connectivity index (χ2n) is 5.08. The molecule has 0 unspecified atom stereocenters. The van der Waals surface area contributed by atoms with Crippen molar-refractivity contribution in [2.45, 2.75) is 6.42 Å². The standard InChI is InChI=1S/C17H12ClN3S/c18-13-3-1-12(2-4-13)16-8-14-15(7-11-5-6-19-9-11)21-20-10-17(14)22-16/h1-6,8-10,19H,7H2. The lowest BCUT2D eigenvalue weighted by atomic mass is 10.1. The Balaban J connectivity index is 1.78. The predicted octanol–water partition coefficient (Wildman–Crippen LogP) is 4.93. The normalized spacial score (nSPS) is 11.1. The molecule has 5 heteroatoms. The van der Waals surface area contributed by atoms with Gasteiger partial charge in [0.25, 0.3) is 0 Å². The molecule has 0 saturated carbocycles. The van der Waals surface area contributed by atoms with Gasteiger partial charge in [-0.3, -0.25) is 0 Å². The summed E-state index contributed by atoms with van der Waals surface area (Å²) >= 11 is 7.69. The van der Waals surface area contributed by atoms with E-state index in [1.54, 1.807) is 11.3 Å². The quantitative estimate of drug-likeness (QED) is 0.580. The fourth-order valence-corrected chi connectivity index (χ4v) is 3.66. The third-order valence-corrected chi connectivity index (χ3v) is 4.96. The van der Waals surface area contributed by atoms with Gasteiger partial charge in [0.1, 0.15) is 0 Å². The zero-order valence-corrected chi connectivity index (χ0v) is 13.2. The number of hydrogen-bond acceptors (Lipinski definition) is 3. The summed E-state index contributed by atoms with van der Waals surface area (Å²) in [4.78, 5) is 4.28. The van der Waals surface area contributed by atoms with Gasteiger partial charge in [-0.2, -0.15) is 10.2 Å². The molecule has 3 nitrogen and oxygen atoms in total. The third-order valence-electron chi connectivity index (χ3n) is 3.59. The molecule has 4 aromatic rings. The highest BCUT2D eigenvalue weighted by atomic mass is 35.5. The maximum absolute atomic E-state index is 5.96. The summed E-state index contributed by atoms with van der Waals surface area (Å²) in [7, 11) is 0. The molecular formula is C17H12ClN3S. The van der Waals surface area contributed by atoms with Crippen LogP contribution in [0.1, 0.15) is 11.3 Å². The van der Waals surface area contributed by atoms with Gasteiger partial charge in [-0.1, -0.05) is 23.7 Å². The van der Waals surface area contributed by atoms with E-state index >= 15 is 0 Å². The molecule has 0 aliphatic carbocycles. The van der Waals surface area contributed by atoms with Gasteiger partial charge in [0.15, 0.2) is 0 Å². The lowest BCUT2D eigenvalue weighted by Gasteiger charge is -1.98. The van der Waals surface area contributed by atoms with Crippen LogP contribution in [-0.4, -0.2) is 15.2 Å². The fourth-order valence-electron chi connectivity index (χ4n) is 2.48. The Morgan fingerprint density at radius 1 is 1.14 bits per heavy atom. The Bertz CT molecular complexity index is 911. The molecule has 0 aliphatic heterocycles. The molecule has 0 atom stereocenters. The number of aromatic nitrogens is 3. The fraction of sp³-hybridized carbons (Fsp3) is 0.0588. The number of halogens is 1. The topological polar surface area (TPSA) is 41.6 Å². The molecule has 1 aromatic carbocycles.